The van der Waals surface area contributed by atoms with Crippen LogP contribution in [0, 0.1) is 18.8 Å². The molecule has 0 radical (unpaired) electrons. The third-order valence-electron chi connectivity index (χ3n) is 3.10. The number of hydrogen-bond donors (Lipinski definition) is 2. The lowest BCUT2D eigenvalue weighted by atomic mass is 10.0. The number of benzene rings is 1. The zero-order valence-electron chi connectivity index (χ0n) is 12.0. The molecular weight excluding hydrogens is 270 g/mol. The minimum Gasteiger partial charge on any atom is -0.384 e. The quantitative estimate of drug-likeness (QED) is 0.795. The van der Waals surface area contributed by atoms with Gasteiger partial charge in [0.2, 0.25) is 0 Å². The van der Waals surface area contributed by atoms with Crippen LogP contribution in [0.15, 0.2) is 18.2 Å². The molecule has 0 aromatic heterocycles. The van der Waals surface area contributed by atoms with E-state index in [1.54, 1.807) is 12.1 Å². The van der Waals surface area contributed by atoms with Gasteiger partial charge in [-0.25, -0.2) is 0 Å². The predicted octanol–water partition coefficient (Wildman–Crippen LogP) is 0.484. The van der Waals surface area contributed by atoms with Gasteiger partial charge >= 0.3 is 0 Å². The van der Waals surface area contributed by atoms with E-state index in [1.807, 2.05) is 13.0 Å². The normalized spacial score (nSPS) is 17.7. The van der Waals surface area contributed by atoms with Crippen molar-refractivity contribution in [3.8, 4) is 11.8 Å². The molecule has 1 unspecified atom stereocenters. The van der Waals surface area contributed by atoms with E-state index in [-0.39, 0.29) is 18.6 Å². The summed E-state index contributed by atoms with van der Waals surface area (Å²) in [7, 11) is 0. The van der Waals surface area contributed by atoms with Crippen molar-refractivity contribution in [2.75, 3.05) is 33.0 Å². The smallest absolute Gasteiger partial charge is 0.252 e. The Morgan fingerprint density at radius 1 is 1.48 bits per heavy atom. The van der Waals surface area contributed by atoms with E-state index in [1.165, 1.54) is 0 Å². The van der Waals surface area contributed by atoms with Gasteiger partial charge in [-0.1, -0.05) is 23.5 Å². The second-order valence-corrected chi connectivity index (χ2v) is 4.79. The first-order valence-electron chi connectivity index (χ1n) is 6.88. The van der Waals surface area contributed by atoms with Crippen molar-refractivity contribution in [3.05, 3.63) is 34.9 Å². The summed E-state index contributed by atoms with van der Waals surface area (Å²) in [5.41, 5.74) is 2.09. The monoisotopic (exact) mass is 289 g/mol. The number of rotatable bonds is 3. The molecule has 1 heterocycles. The number of carbonyl (C=O) groups is 1. The van der Waals surface area contributed by atoms with Crippen LogP contribution in [-0.2, 0) is 9.47 Å². The number of amides is 1. The molecule has 112 valence electrons. The maximum atomic E-state index is 12.3. The van der Waals surface area contributed by atoms with Crippen molar-refractivity contribution in [2.45, 2.75) is 13.0 Å². The standard InChI is InChI=1S/C16H19NO4/c1-12-4-5-13(3-2-6-18)15(9-12)16(19)17-10-14-11-20-7-8-21-14/h4-5,9,14,18H,6-8,10-11H2,1H3,(H,17,19). The zero-order valence-corrected chi connectivity index (χ0v) is 12.0. The molecule has 1 aromatic carbocycles. The van der Waals surface area contributed by atoms with E-state index < -0.39 is 0 Å². The molecule has 2 rings (SSSR count). The second kappa shape index (κ2) is 7.79. The molecule has 1 aliphatic rings. The fourth-order valence-corrected chi connectivity index (χ4v) is 2.05. The Balaban J connectivity index is 2.04. The molecule has 1 saturated heterocycles. The van der Waals surface area contributed by atoms with Crippen molar-refractivity contribution in [1.29, 1.82) is 0 Å². The minimum absolute atomic E-state index is 0.112. The van der Waals surface area contributed by atoms with Gasteiger partial charge in [-0.3, -0.25) is 4.79 Å². The number of carbonyl (C=O) groups excluding carboxylic acids is 1. The van der Waals surface area contributed by atoms with Crippen LogP contribution in [0.3, 0.4) is 0 Å². The molecule has 2 N–H and O–H groups in total. The first-order chi connectivity index (χ1) is 10.2. The molecule has 0 bridgehead atoms. The maximum absolute atomic E-state index is 12.3. The van der Waals surface area contributed by atoms with E-state index in [9.17, 15) is 4.79 Å². The lowest BCUT2D eigenvalue weighted by Gasteiger charge is -2.23. The van der Waals surface area contributed by atoms with Crippen LogP contribution in [0.1, 0.15) is 21.5 Å². The van der Waals surface area contributed by atoms with Gasteiger partial charge in [0.25, 0.3) is 5.91 Å². The van der Waals surface area contributed by atoms with E-state index in [4.69, 9.17) is 14.6 Å². The molecular formula is C16H19NO4. The van der Waals surface area contributed by atoms with Crippen molar-refractivity contribution >= 4 is 5.91 Å². The van der Waals surface area contributed by atoms with Crippen molar-refractivity contribution in [2.24, 2.45) is 0 Å². The first-order valence-corrected chi connectivity index (χ1v) is 6.88. The predicted molar refractivity (Wildman–Crippen MR) is 78.0 cm³/mol. The van der Waals surface area contributed by atoms with Gasteiger partial charge < -0.3 is 19.9 Å². The Kier molecular flexibility index (Phi) is 5.76. The van der Waals surface area contributed by atoms with E-state index >= 15 is 0 Å². The SMILES string of the molecule is Cc1ccc(C#CCO)c(C(=O)NCC2COCCO2)c1. The van der Waals surface area contributed by atoms with Crippen LogP contribution in [-0.4, -0.2) is 50.1 Å². The third-order valence-corrected chi connectivity index (χ3v) is 3.10. The van der Waals surface area contributed by atoms with Crippen LogP contribution in [0.4, 0.5) is 0 Å². The topological polar surface area (TPSA) is 67.8 Å². The van der Waals surface area contributed by atoms with Gasteiger partial charge in [0, 0.05) is 12.1 Å². The minimum atomic E-state index is -0.234. The fraction of sp³-hybridized carbons (Fsp3) is 0.438. The number of aliphatic hydroxyl groups excluding tert-OH is 1. The summed E-state index contributed by atoms with van der Waals surface area (Å²) in [5.74, 6) is 5.16. The number of nitrogens with one attached hydrogen (secondary N) is 1. The van der Waals surface area contributed by atoms with Crippen molar-refractivity contribution in [1.82, 2.24) is 5.32 Å². The highest BCUT2D eigenvalue weighted by Crippen LogP contribution is 2.11. The summed E-state index contributed by atoms with van der Waals surface area (Å²) in [6.07, 6.45) is -0.112. The summed E-state index contributed by atoms with van der Waals surface area (Å²) in [5, 5.41) is 11.6. The third kappa shape index (κ3) is 4.57. The lowest BCUT2D eigenvalue weighted by molar-refractivity contribution is -0.0855. The highest BCUT2D eigenvalue weighted by molar-refractivity contribution is 5.97. The largest absolute Gasteiger partial charge is 0.384 e. The summed E-state index contributed by atoms with van der Waals surface area (Å²) in [4.78, 5) is 12.3. The van der Waals surface area contributed by atoms with E-state index in [2.05, 4.69) is 17.2 Å². The average Bonchev–Trinajstić information content (AvgIpc) is 2.52. The summed E-state index contributed by atoms with van der Waals surface area (Å²) < 4.78 is 10.8. The van der Waals surface area contributed by atoms with Gasteiger partial charge in [0.1, 0.15) is 6.61 Å². The van der Waals surface area contributed by atoms with Gasteiger partial charge in [-0.05, 0) is 19.1 Å². The molecule has 1 aromatic rings. The molecule has 1 fully saturated rings. The Bertz CT molecular complexity index is 553. The van der Waals surface area contributed by atoms with Gasteiger partial charge in [0.15, 0.2) is 0 Å². The number of aliphatic hydroxyl groups is 1. The van der Waals surface area contributed by atoms with Crippen molar-refractivity contribution in [3.63, 3.8) is 0 Å². The number of hydrogen-bond acceptors (Lipinski definition) is 4. The highest BCUT2D eigenvalue weighted by atomic mass is 16.6. The molecule has 5 heteroatoms. The van der Waals surface area contributed by atoms with Gasteiger partial charge in [-0.2, -0.15) is 0 Å². The zero-order chi connectivity index (χ0) is 15.1. The Morgan fingerprint density at radius 2 is 2.33 bits per heavy atom. The molecule has 0 spiro atoms. The van der Waals surface area contributed by atoms with Crippen LogP contribution in [0.25, 0.3) is 0 Å². The molecule has 0 saturated carbocycles. The molecule has 1 atom stereocenters. The first kappa shape index (κ1) is 15.5. The van der Waals surface area contributed by atoms with Crippen molar-refractivity contribution < 1.29 is 19.4 Å². The summed E-state index contributed by atoms with van der Waals surface area (Å²) >= 11 is 0. The van der Waals surface area contributed by atoms with Crippen LogP contribution in [0.5, 0.6) is 0 Å². The molecule has 5 nitrogen and oxygen atoms in total. The van der Waals surface area contributed by atoms with Crippen LogP contribution >= 0.6 is 0 Å². The Hall–Kier alpha value is -1.87. The number of ether oxygens (including phenoxy) is 2. The summed E-state index contributed by atoms with van der Waals surface area (Å²) in [6, 6.07) is 5.46. The molecule has 21 heavy (non-hydrogen) atoms. The second-order valence-electron chi connectivity index (χ2n) is 4.79. The number of aryl methyl sites for hydroxylation is 1. The maximum Gasteiger partial charge on any atom is 0.252 e. The van der Waals surface area contributed by atoms with Gasteiger partial charge in [0.05, 0.1) is 31.5 Å². The Morgan fingerprint density at radius 3 is 3.05 bits per heavy atom. The van der Waals surface area contributed by atoms with Crippen LogP contribution < -0.4 is 5.32 Å². The average molecular weight is 289 g/mol. The molecule has 1 aliphatic heterocycles. The Labute approximate surface area is 124 Å². The molecule has 0 aliphatic carbocycles. The summed E-state index contributed by atoms with van der Waals surface area (Å²) in [6.45, 7) is 3.73. The van der Waals surface area contributed by atoms with E-state index in [0.717, 1.165) is 5.56 Å². The lowest BCUT2D eigenvalue weighted by Crippen LogP contribution is -2.39. The van der Waals surface area contributed by atoms with E-state index in [0.29, 0.717) is 37.5 Å². The molecule has 1 amide bonds. The fourth-order valence-electron chi connectivity index (χ4n) is 2.05. The van der Waals surface area contributed by atoms with Crippen LogP contribution in [0.2, 0.25) is 0 Å². The highest BCUT2D eigenvalue weighted by Gasteiger charge is 2.17. The van der Waals surface area contributed by atoms with Gasteiger partial charge in [-0.15, -0.1) is 0 Å².